The van der Waals surface area contributed by atoms with Gasteiger partial charge in [0.05, 0.1) is 22.7 Å². The Hall–Kier alpha value is -3.39. The number of ether oxygens (including phenoxy) is 1. The Morgan fingerprint density at radius 2 is 1.67 bits per heavy atom. The van der Waals surface area contributed by atoms with E-state index in [0.717, 1.165) is 5.39 Å². The van der Waals surface area contributed by atoms with Crippen molar-refractivity contribution in [2.45, 2.75) is 0 Å². The first kappa shape index (κ1) is 22.8. The molecule has 4 aromatic rings. The SMILES string of the molecule is COc1c(Cl)cc(C(=O)NC(=S)Nc2ccc(-c3cc4ccccc4oc3=O)cc2)cc1Cl. The summed E-state index contributed by atoms with van der Waals surface area (Å²) in [6.07, 6.45) is 0. The number of para-hydroxylation sites is 1. The Kier molecular flexibility index (Phi) is 6.65. The van der Waals surface area contributed by atoms with E-state index in [1.54, 1.807) is 36.4 Å². The number of hydrogen-bond donors (Lipinski definition) is 2. The van der Waals surface area contributed by atoms with Gasteiger partial charge in [0.25, 0.3) is 5.91 Å². The van der Waals surface area contributed by atoms with E-state index in [0.29, 0.717) is 22.4 Å². The molecule has 2 N–H and O–H groups in total. The van der Waals surface area contributed by atoms with Crippen LogP contribution in [-0.2, 0) is 0 Å². The van der Waals surface area contributed by atoms with Crippen LogP contribution in [0.2, 0.25) is 10.0 Å². The number of carbonyl (C=O) groups excluding carboxylic acids is 1. The van der Waals surface area contributed by atoms with Gasteiger partial charge in [-0.05, 0) is 54.2 Å². The molecule has 0 radical (unpaired) electrons. The number of thiocarbonyl (C=S) groups is 1. The quantitative estimate of drug-likeness (QED) is 0.269. The fourth-order valence-electron chi connectivity index (χ4n) is 3.22. The normalized spacial score (nSPS) is 10.6. The molecule has 0 aliphatic carbocycles. The Morgan fingerprint density at radius 1 is 1.00 bits per heavy atom. The van der Waals surface area contributed by atoms with Crippen LogP contribution >= 0.6 is 35.4 Å². The second kappa shape index (κ2) is 9.62. The second-order valence-corrected chi connectivity index (χ2v) is 8.17. The van der Waals surface area contributed by atoms with E-state index in [1.165, 1.54) is 19.2 Å². The number of carbonyl (C=O) groups is 1. The van der Waals surface area contributed by atoms with Crippen molar-refractivity contribution in [2.75, 3.05) is 12.4 Å². The van der Waals surface area contributed by atoms with Gasteiger partial charge in [0.15, 0.2) is 10.9 Å². The van der Waals surface area contributed by atoms with Gasteiger partial charge in [-0.1, -0.05) is 53.5 Å². The van der Waals surface area contributed by atoms with Crippen LogP contribution in [0.4, 0.5) is 5.69 Å². The minimum absolute atomic E-state index is 0.0843. The first-order valence-corrected chi connectivity index (χ1v) is 10.8. The van der Waals surface area contributed by atoms with Gasteiger partial charge in [0.2, 0.25) is 0 Å². The van der Waals surface area contributed by atoms with E-state index in [-0.39, 0.29) is 26.5 Å². The summed E-state index contributed by atoms with van der Waals surface area (Å²) in [5.41, 5.74) is 2.11. The highest BCUT2D eigenvalue weighted by molar-refractivity contribution is 7.80. The topological polar surface area (TPSA) is 80.6 Å². The van der Waals surface area contributed by atoms with Crippen LogP contribution in [0.1, 0.15) is 10.4 Å². The minimum atomic E-state index is -0.482. The third kappa shape index (κ3) is 5.01. The van der Waals surface area contributed by atoms with Crippen LogP contribution in [0.25, 0.3) is 22.1 Å². The van der Waals surface area contributed by atoms with Crippen LogP contribution < -0.4 is 21.0 Å². The molecule has 9 heteroatoms. The molecule has 0 saturated heterocycles. The van der Waals surface area contributed by atoms with Gasteiger partial charge in [-0.25, -0.2) is 4.79 Å². The van der Waals surface area contributed by atoms with Crippen molar-refractivity contribution in [3.63, 3.8) is 0 Å². The van der Waals surface area contributed by atoms with E-state index in [4.69, 9.17) is 44.6 Å². The van der Waals surface area contributed by atoms with Gasteiger partial charge in [-0.3, -0.25) is 10.1 Å². The van der Waals surface area contributed by atoms with Crippen LogP contribution in [0.15, 0.2) is 75.9 Å². The summed E-state index contributed by atoms with van der Waals surface area (Å²) in [4.78, 5) is 24.9. The molecule has 166 valence electrons. The molecule has 0 fully saturated rings. The van der Waals surface area contributed by atoms with Crippen LogP contribution in [-0.4, -0.2) is 18.1 Å². The zero-order valence-corrected chi connectivity index (χ0v) is 19.5. The number of benzene rings is 3. The van der Waals surface area contributed by atoms with E-state index < -0.39 is 11.5 Å². The molecule has 33 heavy (non-hydrogen) atoms. The molecule has 0 aliphatic rings. The molecule has 3 aromatic carbocycles. The number of halogens is 2. The fraction of sp³-hybridized carbons (Fsp3) is 0.0417. The van der Waals surface area contributed by atoms with Crippen LogP contribution in [0.5, 0.6) is 5.75 Å². The maximum atomic E-state index is 12.5. The summed E-state index contributed by atoms with van der Waals surface area (Å²) >= 11 is 17.4. The number of methoxy groups -OCH3 is 1. The highest BCUT2D eigenvalue weighted by Gasteiger charge is 2.15. The number of rotatable bonds is 4. The number of nitrogens with one attached hydrogen (secondary N) is 2. The maximum absolute atomic E-state index is 12.5. The van der Waals surface area contributed by atoms with E-state index in [9.17, 15) is 9.59 Å². The Balaban J connectivity index is 1.46. The highest BCUT2D eigenvalue weighted by Crippen LogP contribution is 2.33. The Bertz CT molecular complexity index is 1410. The monoisotopic (exact) mass is 498 g/mol. The molecule has 1 amide bonds. The summed E-state index contributed by atoms with van der Waals surface area (Å²) in [6, 6.07) is 19.0. The van der Waals surface area contributed by atoms with E-state index >= 15 is 0 Å². The van der Waals surface area contributed by atoms with Crippen molar-refractivity contribution >= 4 is 63.1 Å². The summed E-state index contributed by atoms with van der Waals surface area (Å²) in [6.45, 7) is 0. The minimum Gasteiger partial charge on any atom is -0.494 e. The molecule has 0 aliphatic heterocycles. The average Bonchev–Trinajstić information content (AvgIpc) is 2.79. The van der Waals surface area contributed by atoms with Gasteiger partial charge < -0.3 is 14.5 Å². The lowest BCUT2D eigenvalue weighted by Gasteiger charge is -2.12. The first-order chi connectivity index (χ1) is 15.9. The lowest BCUT2D eigenvalue weighted by Crippen LogP contribution is -2.34. The van der Waals surface area contributed by atoms with Crippen LogP contribution in [0, 0.1) is 0 Å². The third-order valence-electron chi connectivity index (χ3n) is 4.79. The highest BCUT2D eigenvalue weighted by atomic mass is 35.5. The zero-order chi connectivity index (χ0) is 23.5. The molecule has 0 saturated carbocycles. The van der Waals surface area contributed by atoms with E-state index in [1.807, 2.05) is 18.2 Å². The van der Waals surface area contributed by atoms with Crippen molar-refractivity contribution in [1.82, 2.24) is 5.32 Å². The van der Waals surface area contributed by atoms with Gasteiger partial charge in [0, 0.05) is 16.6 Å². The number of amides is 1. The summed E-state index contributed by atoms with van der Waals surface area (Å²) in [7, 11) is 1.43. The lowest BCUT2D eigenvalue weighted by atomic mass is 10.1. The van der Waals surface area contributed by atoms with Gasteiger partial charge in [-0.15, -0.1) is 0 Å². The predicted molar refractivity (Wildman–Crippen MR) is 135 cm³/mol. The molecule has 0 unspecified atom stereocenters. The molecule has 4 rings (SSSR count). The summed E-state index contributed by atoms with van der Waals surface area (Å²) in [5.74, 6) is -0.194. The molecule has 6 nitrogen and oxygen atoms in total. The number of fused-ring (bicyclic) bond motifs is 1. The van der Waals surface area contributed by atoms with Crippen LogP contribution in [0.3, 0.4) is 0 Å². The number of anilines is 1. The fourth-order valence-corrected chi connectivity index (χ4v) is 4.07. The predicted octanol–water partition coefficient (Wildman–Crippen LogP) is 5.90. The van der Waals surface area contributed by atoms with Gasteiger partial charge in [0.1, 0.15) is 5.58 Å². The van der Waals surface area contributed by atoms with Gasteiger partial charge >= 0.3 is 5.63 Å². The molecule has 0 spiro atoms. The molecule has 1 heterocycles. The molecular formula is C24H16Cl2N2O4S. The zero-order valence-electron chi connectivity index (χ0n) is 17.1. The smallest absolute Gasteiger partial charge is 0.344 e. The molecule has 0 bridgehead atoms. The second-order valence-electron chi connectivity index (χ2n) is 6.94. The van der Waals surface area contributed by atoms with E-state index in [2.05, 4.69) is 10.6 Å². The Morgan fingerprint density at radius 3 is 2.33 bits per heavy atom. The molecule has 1 aromatic heterocycles. The van der Waals surface area contributed by atoms with Crippen molar-refractivity contribution in [1.29, 1.82) is 0 Å². The van der Waals surface area contributed by atoms with Crippen molar-refractivity contribution in [3.8, 4) is 16.9 Å². The average molecular weight is 499 g/mol. The van der Waals surface area contributed by atoms with Crippen molar-refractivity contribution in [3.05, 3.63) is 92.8 Å². The first-order valence-electron chi connectivity index (χ1n) is 9.64. The standard InChI is InChI=1S/C24H16Cl2N2O4S/c1-31-21-18(25)11-15(12-19(21)26)22(29)28-24(33)27-16-8-6-13(7-9-16)17-10-14-4-2-3-5-20(14)32-23(17)30/h2-12H,1H3,(H2,27,28,29,33). The Labute approximate surface area is 204 Å². The summed E-state index contributed by atoms with van der Waals surface area (Å²) < 4.78 is 10.5. The largest absolute Gasteiger partial charge is 0.494 e. The molecular weight excluding hydrogens is 483 g/mol. The third-order valence-corrected chi connectivity index (χ3v) is 5.55. The number of hydrogen-bond acceptors (Lipinski definition) is 5. The molecule has 0 atom stereocenters. The van der Waals surface area contributed by atoms with Crippen molar-refractivity contribution < 1.29 is 13.9 Å². The van der Waals surface area contributed by atoms with Gasteiger partial charge in [-0.2, -0.15) is 0 Å². The maximum Gasteiger partial charge on any atom is 0.344 e. The lowest BCUT2D eigenvalue weighted by molar-refractivity contribution is 0.0977. The van der Waals surface area contributed by atoms with Crippen molar-refractivity contribution in [2.24, 2.45) is 0 Å². The summed E-state index contributed by atoms with van der Waals surface area (Å²) in [5, 5.41) is 6.83.